The Balaban J connectivity index is 2.11. The molecule has 102 valence electrons. The molecule has 0 aliphatic carbocycles. The molecule has 0 fully saturated rings. The average Bonchev–Trinajstić information content (AvgIpc) is 2.42. The first-order valence-corrected chi connectivity index (χ1v) is 6.59. The van der Waals surface area contributed by atoms with Crippen molar-refractivity contribution in [1.82, 2.24) is 4.98 Å². The molecule has 0 atom stereocenters. The Labute approximate surface area is 122 Å². The first-order chi connectivity index (χ1) is 9.67. The van der Waals surface area contributed by atoms with E-state index in [1.54, 1.807) is 18.5 Å². The smallest absolute Gasteiger partial charge is 0.128 e. The van der Waals surface area contributed by atoms with E-state index in [0.717, 1.165) is 11.1 Å². The molecule has 0 saturated heterocycles. The van der Waals surface area contributed by atoms with Crippen LogP contribution in [-0.4, -0.2) is 10.9 Å². The molecule has 0 saturated carbocycles. The van der Waals surface area contributed by atoms with Gasteiger partial charge >= 0.3 is 0 Å². The SMILES string of the molecule is Cc1cncc(COc2cc(F)cc(C#CCCl)c2)c1. The van der Waals surface area contributed by atoms with Crippen LogP contribution < -0.4 is 4.74 Å². The van der Waals surface area contributed by atoms with Crippen LogP contribution in [0, 0.1) is 24.6 Å². The Bertz CT molecular complexity index is 661. The van der Waals surface area contributed by atoms with E-state index in [9.17, 15) is 4.39 Å². The monoisotopic (exact) mass is 289 g/mol. The van der Waals surface area contributed by atoms with Crippen molar-refractivity contribution in [3.8, 4) is 17.6 Å². The van der Waals surface area contributed by atoms with Crippen LogP contribution in [0.2, 0.25) is 0 Å². The van der Waals surface area contributed by atoms with Crippen LogP contribution in [-0.2, 0) is 6.61 Å². The topological polar surface area (TPSA) is 22.1 Å². The summed E-state index contributed by atoms with van der Waals surface area (Å²) >= 11 is 5.48. The Morgan fingerprint density at radius 1 is 1.25 bits per heavy atom. The quantitative estimate of drug-likeness (QED) is 0.635. The number of aryl methyl sites for hydroxylation is 1. The maximum absolute atomic E-state index is 13.5. The lowest BCUT2D eigenvalue weighted by Gasteiger charge is -2.07. The molecule has 2 nitrogen and oxygen atoms in total. The number of aromatic nitrogens is 1. The summed E-state index contributed by atoms with van der Waals surface area (Å²) in [6.45, 7) is 2.29. The van der Waals surface area contributed by atoms with Gasteiger partial charge in [-0.2, -0.15) is 0 Å². The van der Waals surface area contributed by atoms with Gasteiger partial charge in [0.05, 0.1) is 5.88 Å². The van der Waals surface area contributed by atoms with E-state index in [4.69, 9.17) is 16.3 Å². The van der Waals surface area contributed by atoms with Gasteiger partial charge in [0.15, 0.2) is 0 Å². The van der Waals surface area contributed by atoms with E-state index < -0.39 is 0 Å². The molecule has 0 amide bonds. The van der Waals surface area contributed by atoms with Gasteiger partial charge in [-0.25, -0.2) is 4.39 Å². The summed E-state index contributed by atoms with van der Waals surface area (Å²) in [6, 6.07) is 6.34. The highest BCUT2D eigenvalue weighted by molar-refractivity contribution is 6.19. The van der Waals surface area contributed by atoms with E-state index in [1.807, 2.05) is 13.0 Å². The van der Waals surface area contributed by atoms with Crippen molar-refractivity contribution in [1.29, 1.82) is 0 Å². The molecule has 1 aromatic carbocycles. The second-order valence-corrected chi connectivity index (χ2v) is 4.54. The van der Waals surface area contributed by atoms with Gasteiger partial charge < -0.3 is 4.74 Å². The molecule has 2 aromatic rings. The number of hydrogen-bond donors (Lipinski definition) is 0. The summed E-state index contributed by atoms with van der Waals surface area (Å²) in [6.07, 6.45) is 3.49. The van der Waals surface area contributed by atoms with Crippen LogP contribution >= 0.6 is 11.6 Å². The third kappa shape index (κ3) is 4.25. The zero-order valence-electron chi connectivity index (χ0n) is 11.0. The lowest BCUT2D eigenvalue weighted by atomic mass is 10.2. The van der Waals surface area contributed by atoms with Gasteiger partial charge in [-0.1, -0.05) is 11.8 Å². The summed E-state index contributed by atoms with van der Waals surface area (Å²) in [4.78, 5) is 4.08. The van der Waals surface area contributed by atoms with Crippen molar-refractivity contribution >= 4 is 11.6 Å². The Kier molecular flexibility index (Phi) is 4.97. The number of rotatable bonds is 3. The first-order valence-electron chi connectivity index (χ1n) is 6.06. The number of halogens is 2. The molecule has 0 bridgehead atoms. The van der Waals surface area contributed by atoms with Crippen molar-refractivity contribution in [3.05, 3.63) is 59.2 Å². The number of alkyl halides is 1. The zero-order valence-corrected chi connectivity index (χ0v) is 11.7. The minimum atomic E-state index is -0.385. The van der Waals surface area contributed by atoms with Crippen molar-refractivity contribution in [2.24, 2.45) is 0 Å². The predicted molar refractivity (Wildman–Crippen MR) is 77.3 cm³/mol. The van der Waals surface area contributed by atoms with Crippen LogP contribution in [0.15, 0.2) is 36.7 Å². The van der Waals surface area contributed by atoms with Crippen molar-refractivity contribution < 1.29 is 9.13 Å². The van der Waals surface area contributed by atoms with Crippen molar-refractivity contribution in [2.75, 3.05) is 5.88 Å². The molecule has 1 aromatic heterocycles. The molecule has 1 heterocycles. The Morgan fingerprint density at radius 3 is 2.85 bits per heavy atom. The van der Waals surface area contributed by atoms with E-state index >= 15 is 0 Å². The fourth-order valence-electron chi connectivity index (χ4n) is 1.72. The van der Waals surface area contributed by atoms with Gasteiger partial charge in [-0.05, 0) is 30.7 Å². The molecule has 2 rings (SSSR count). The molecule has 20 heavy (non-hydrogen) atoms. The molecule has 0 N–H and O–H groups in total. The van der Waals surface area contributed by atoms with Crippen LogP contribution in [0.4, 0.5) is 4.39 Å². The largest absolute Gasteiger partial charge is 0.489 e. The first kappa shape index (κ1) is 14.4. The van der Waals surface area contributed by atoms with Gasteiger partial charge in [0.2, 0.25) is 0 Å². The summed E-state index contributed by atoms with van der Waals surface area (Å²) in [5.74, 6) is 5.71. The number of nitrogens with zero attached hydrogens (tertiary/aromatic N) is 1. The van der Waals surface area contributed by atoms with Crippen molar-refractivity contribution in [3.63, 3.8) is 0 Å². The second kappa shape index (κ2) is 6.93. The third-order valence-corrected chi connectivity index (χ3v) is 2.64. The molecular formula is C16H13ClFNO. The normalized spacial score (nSPS) is 9.75. The predicted octanol–water partition coefficient (Wildman–Crippen LogP) is 3.70. The standard InChI is InChI=1S/C16H13ClFNO/c1-12-5-14(10-19-9-12)11-20-16-7-13(3-2-4-17)6-15(18)8-16/h5-10H,4,11H2,1H3. The van der Waals surface area contributed by atoms with Crippen LogP contribution in [0.3, 0.4) is 0 Å². The van der Waals surface area contributed by atoms with Crippen LogP contribution in [0.5, 0.6) is 5.75 Å². The van der Waals surface area contributed by atoms with Gasteiger partial charge in [0.25, 0.3) is 0 Å². The number of hydrogen-bond acceptors (Lipinski definition) is 2. The Morgan fingerprint density at radius 2 is 2.10 bits per heavy atom. The van der Waals surface area contributed by atoms with Crippen LogP contribution in [0.1, 0.15) is 16.7 Å². The third-order valence-electron chi connectivity index (χ3n) is 2.51. The highest BCUT2D eigenvalue weighted by atomic mass is 35.5. The second-order valence-electron chi connectivity index (χ2n) is 4.27. The molecular weight excluding hydrogens is 277 g/mol. The van der Waals surface area contributed by atoms with Gasteiger partial charge in [-0.3, -0.25) is 4.98 Å². The fraction of sp³-hybridized carbons (Fsp3) is 0.188. The maximum Gasteiger partial charge on any atom is 0.128 e. The summed E-state index contributed by atoms with van der Waals surface area (Å²) in [5, 5.41) is 0. The molecule has 0 aliphatic rings. The van der Waals surface area contributed by atoms with E-state index in [0.29, 0.717) is 17.9 Å². The summed E-state index contributed by atoms with van der Waals surface area (Å²) in [7, 11) is 0. The number of pyridine rings is 1. The average molecular weight is 290 g/mol. The van der Waals surface area contributed by atoms with E-state index in [2.05, 4.69) is 16.8 Å². The Hall–Kier alpha value is -2.05. The number of ether oxygens (including phenoxy) is 1. The van der Waals surface area contributed by atoms with E-state index in [1.165, 1.54) is 12.1 Å². The highest BCUT2D eigenvalue weighted by Gasteiger charge is 2.02. The van der Waals surface area contributed by atoms with E-state index in [-0.39, 0.29) is 11.7 Å². The molecule has 0 radical (unpaired) electrons. The minimum absolute atomic E-state index is 0.210. The van der Waals surface area contributed by atoms with Gasteiger partial charge in [0.1, 0.15) is 18.2 Å². The van der Waals surface area contributed by atoms with Crippen molar-refractivity contribution in [2.45, 2.75) is 13.5 Å². The lowest BCUT2D eigenvalue weighted by Crippen LogP contribution is -1.97. The molecule has 0 aliphatic heterocycles. The van der Waals surface area contributed by atoms with Gasteiger partial charge in [-0.15, -0.1) is 11.6 Å². The van der Waals surface area contributed by atoms with Gasteiger partial charge in [0, 0.05) is 29.6 Å². The number of benzene rings is 1. The summed E-state index contributed by atoms with van der Waals surface area (Å²) in [5.41, 5.74) is 2.53. The molecule has 4 heteroatoms. The zero-order chi connectivity index (χ0) is 14.4. The van der Waals surface area contributed by atoms with Crippen LogP contribution in [0.25, 0.3) is 0 Å². The molecule has 0 unspecified atom stereocenters. The molecule has 0 spiro atoms. The highest BCUT2D eigenvalue weighted by Crippen LogP contribution is 2.17. The lowest BCUT2D eigenvalue weighted by molar-refractivity contribution is 0.304. The minimum Gasteiger partial charge on any atom is -0.489 e. The fourth-order valence-corrected chi connectivity index (χ4v) is 1.78. The summed E-state index contributed by atoms with van der Waals surface area (Å²) < 4.78 is 19.0. The maximum atomic E-state index is 13.5.